The number of nitrogens with zero attached hydrogens (tertiary/aromatic N) is 3. The van der Waals surface area contributed by atoms with Gasteiger partial charge in [0.1, 0.15) is 0 Å². The summed E-state index contributed by atoms with van der Waals surface area (Å²) in [6.45, 7) is 10.5. The zero-order valence-corrected chi connectivity index (χ0v) is 17.3. The Kier molecular flexibility index (Phi) is 7.45. The predicted molar refractivity (Wildman–Crippen MR) is 111 cm³/mol. The molecule has 6 heteroatoms. The molecule has 0 unspecified atom stereocenters. The highest BCUT2D eigenvalue weighted by Crippen LogP contribution is 2.15. The van der Waals surface area contributed by atoms with Crippen molar-refractivity contribution < 1.29 is 9.59 Å². The van der Waals surface area contributed by atoms with Gasteiger partial charge in [0.2, 0.25) is 5.91 Å². The number of nitrogens with one attached hydrogen (secondary N) is 1. The minimum absolute atomic E-state index is 0.0547. The third-order valence-electron chi connectivity index (χ3n) is 5.53. The topological polar surface area (TPSA) is 55.9 Å². The van der Waals surface area contributed by atoms with Gasteiger partial charge in [0, 0.05) is 44.3 Å². The van der Waals surface area contributed by atoms with Gasteiger partial charge in [0.25, 0.3) is 5.91 Å². The molecule has 154 valence electrons. The van der Waals surface area contributed by atoms with Crippen LogP contribution in [0.5, 0.6) is 0 Å². The van der Waals surface area contributed by atoms with Gasteiger partial charge in [-0.25, -0.2) is 0 Å². The van der Waals surface area contributed by atoms with Gasteiger partial charge in [-0.15, -0.1) is 0 Å². The first kappa shape index (κ1) is 20.8. The maximum atomic E-state index is 12.8. The lowest BCUT2D eigenvalue weighted by molar-refractivity contribution is -0.123. The Labute approximate surface area is 168 Å². The Morgan fingerprint density at radius 3 is 2.14 bits per heavy atom. The second-order valence-corrected chi connectivity index (χ2v) is 8.32. The lowest BCUT2D eigenvalue weighted by Gasteiger charge is -2.34. The Balaban J connectivity index is 1.46. The lowest BCUT2D eigenvalue weighted by Crippen LogP contribution is -2.51. The van der Waals surface area contributed by atoms with E-state index in [0.717, 1.165) is 25.2 Å². The maximum Gasteiger partial charge on any atom is 0.253 e. The van der Waals surface area contributed by atoms with Crippen LogP contribution in [0.15, 0.2) is 24.3 Å². The van der Waals surface area contributed by atoms with Crippen molar-refractivity contribution in [3.63, 3.8) is 0 Å². The van der Waals surface area contributed by atoms with E-state index in [1.54, 1.807) is 0 Å². The molecule has 2 heterocycles. The summed E-state index contributed by atoms with van der Waals surface area (Å²) in [5.41, 5.74) is 2.04. The van der Waals surface area contributed by atoms with Crippen LogP contribution in [-0.4, -0.2) is 78.4 Å². The standard InChI is InChI=1S/C22H34N4O2/c1-18(2)23-21(27)17-25-12-14-26(15-13-25)22(28)20-8-6-19(7-9-20)16-24-10-4-3-5-11-24/h6-9,18H,3-5,10-17H2,1-2H3,(H,23,27). The molecule has 0 saturated carbocycles. The van der Waals surface area contributed by atoms with Gasteiger partial charge in [-0.2, -0.15) is 0 Å². The average Bonchev–Trinajstić information content (AvgIpc) is 2.69. The molecular formula is C22H34N4O2. The number of hydrogen-bond donors (Lipinski definition) is 1. The quantitative estimate of drug-likeness (QED) is 0.812. The predicted octanol–water partition coefficient (Wildman–Crippen LogP) is 1.95. The molecule has 2 aliphatic rings. The van der Waals surface area contributed by atoms with Gasteiger partial charge in [-0.05, 0) is 57.5 Å². The van der Waals surface area contributed by atoms with Crippen molar-refractivity contribution >= 4 is 11.8 Å². The van der Waals surface area contributed by atoms with Gasteiger partial charge >= 0.3 is 0 Å². The second-order valence-electron chi connectivity index (χ2n) is 8.32. The number of benzene rings is 1. The number of carbonyl (C=O) groups is 2. The molecule has 6 nitrogen and oxygen atoms in total. The van der Waals surface area contributed by atoms with Crippen molar-refractivity contribution in [1.82, 2.24) is 20.0 Å². The number of hydrogen-bond acceptors (Lipinski definition) is 4. The van der Waals surface area contributed by atoms with E-state index in [-0.39, 0.29) is 17.9 Å². The van der Waals surface area contributed by atoms with E-state index in [1.165, 1.54) is 37.9 Å². The number of carbonyl (C=O) groups excluding carboxylic acids is 2. The largest absolute Gasteiger partial charge is 0.353 e. The molecule has 2 aliphatic heterocycles. The van der Waals surface area contributed by atoms with E-state index in [4.69, 9.17) is 0 Å². The zero-order chi connectivity index (χ0) is 19.9. The Morgan fingerprint density at radius 2 is 1.54 bits per heavy atom. The average molecular weight is 387 g/mol. The first-order valence-corrected chi connectivity index (χ1v) is 10.6. The molecule has 28 heavy (non-hydrogen) atoms. The monoisotopic (exact) mass is 386 g/mol. The number of piperidine rings is 1. The Bertz CT molecular complexity index is 645. The molecule has 0 aliphatic carbocycles. The highest BCUT2D eigenvalue weighted by atomic mass is 16.2. The van der Waals surface area contributed by atoms with E-state index in [9.17, 15) is 9.59 Å². The molecule has 1 N–H and O–H groups in total. The fourth-order valence-electron chi connectivity index (χ4n) is 3.99. The van der Waals surface area contributed by atoms with Gasteiger partial charge in [0.15, 0.2) is 0 Å². The van der Waals surface area contributed by atoms with Gasteiger partial charge in [-0.1, -0.05) is 18.6 Å². The molecular weight excluding hydrogens is 352 g/mol. The molecule has 2 saturated heterocycles. The van der Waals surface area contributed by atoms with Crippen LogP contribution in [0, 0.1) is 0 Å². The van der Waals surface area contributed by atoms with Crippen LogP contribution >= 0.6 is 0 Å². The van der Waals surface area contributed by atoms with Crippen LogP contribution in [-0.2, 0) is 11.3 Å². The first-order valence-electron chi connectivity index (χ1n) is 10.6. The van der Waals surface area contributed by atoms with Gasteiger partial charge in [0.05, 0.1) is 6.54 Å². The zero-order valence-electron chi connectivity index (χ0n) is 17.3. The summed E-state index contributed by atoms with van der Waals surface area (Å²) < 4.78 is 0. The van der Waals surface area contributed by atoms with Crippen LogP contribution in [0.1, 0.15) is 49.0 Å². The summed E-state index contributed by atoms with van der Waals surface area (Å²) in [5.74, 6) is 0.148. The van der Waals surface area contributed by atoms with Crippen LogP contribution in [0.25, 0.3) is 0 Å². The Morgan fingerprint density at radius 1 is 0.893 bits per heavy atom. The molecule has 0 radical (unpaired) electrons. The van der Waals surface area contributed by atoms with Crippen molar-refractivity contribution in [3.05, 3.63) is 35.4 Å². The molecule has 1 aromatic carbocycles. The lowest BCUT2D eigenvalue weighted by atomic mass is 10.1. The van der Waals surface area contributed by atoms with Gasteiger partial charge < -0.3 is 10.2 Å². The molecule has 0 atom stereocenters. The highest BCUT2D eigenvalue weighted by Gasteiger charge is 2.23. The van der Waals surface area contributed by atoms with Crippen molar-refractivity contribution in [1.29, 1.82) is 0 Å². The molecule has 2 fully saturated rings. The van der Waals surface area contributed by atoms with E-state index in [0.29, 0.717) is 19.6 Å². The smallest absolute Gasteiger partial charge is 0.253 e. The van der Waals surface area contributed by atoms with Crippen molar-refractivity contribution in [2.24, 2.45) is 0 Å². The number of amides is 2. The summed E-state index contributed by atoms with van der Waals surface area (Å²) >= 11 is 0. The SMILES string of the molecule is CC(C)NC(=O)CN1CCN(C(=O)c2ccc(CN3CCCCC3)cc2)CC1. The Hall–Kier alpha value is -1.92. The molecule has 0 bridgehead atoms. The van der Waals surface area contributed by atoms with E-state index in [1.807, 2.05) is 30.9 Å². The minimum Gasteiger partial charge on any atom is -0.353 e. The van der Waals surface area contributed by atoms with Crippen LogP contribution in [0.2, 0.25) is 0 Å². The first-order chi connectivity index (χ1) is 13.5. The van der Waals surface area contributed by atoms with Crippen LogP contribution in [0.3, 0.4) is 0 Å². The molecule has 3 rings (SSSR count). The van der Waals surface area contributed by atoms with E-state index < -0.39 is 0 Å². The summed E-state index contributed by atoms with van der Waals surface area (Å²) in [4.78, 5) is 31.2. The fourth-order valence-corrected chi connectivity index (χ4v) is 3.99. The molecule has 1 aromatic rings. The highest BCUT2D eigenvalue weighted by molar-refractivity contribution is 5.94. The number of likely N-dealkylation sites (tertiary alicyclic amines) is 1. The fraction of sp³-hybridized carbons (Fsp3) is 0.636. The van der Waals surface area contributed by atoms with E-state index in [2.05, 4.69) is 27.2 Å². The van der Waals surface area contributed by atoms with Crippen molar-refractivity contribution in [3.8, 4) is 0 Å². The maximum absolute atomic E-state index is 12.8. The molecule has 0 aromatic heterocycles. The van der Waals surface area contributed by atoms with Gasteiger partial charge in [-0.3, -0.25) is 19.4 Å². The second kappa shape index (κ2) is 10.0. The minimum atomic E-state index is 0.0547. The number of rotatable bonds is 6. The molecule has 2 amide bonds. The summed E-state index contributed by atoms with van der Waals surface area (Å²) in [5, 5.41) is 2.92. The van der Waals surface area contributed by atoms with Crippen molar-refractivity contribution in [2.75, 3.05) is 45.8 Å². The third-order valence-corrected chi connectivity index (χ3v) is 5.53. The summed E-state index contributed by atoms with van der Waals surface area (Å²) in [7, 11) is 0. The summed E-state index contributed by atoms with van der Waals surface area (Å²) in [6.07, 6.45) is 3.93. The van der Waals surface area contributed by atoms with E-state index >= 15 is 0 Å². The molecule has 0 spiro atoms. The van der Waals surface area contributed by atoms with Crippen molar-refractivity contribution in [2.45, 2.75) is 45.7 Å². The van der Waals surface area contributed by atoms with Crippen LogP contribution in [0.4, 0.5) is 0 Å². The number of piperazine rings is 1. The van der Waals surface area contributed by atoms with Crippen LogP contribution < -0.4 is 5.32 Å². The third kappa shape index (κ3) is 6.04. The summed E-state index contributed by atoms with van der Waals surface area (Å²) in [6, 6.07) is 8.27. The normalized spacial score (nSPS) is 19.0.